The van der Waals surface area contributed by atoms with Gasteiger partial charge in [0, 0.05) is 12.1 Å². The van der Waals surface area contributed by atoms with Gasteiger partial charge < -0.3 is 5.32 Å². The van der Waals surface area contributed by atoms with Crippen LogP contribution in [0.2, 0.25) is 0 Å². The van der Waals surface area contributed by atoms with Crippen LogP contribution >= 0.6 is 0 Å². The average Bonchev–Trinajstić information content (AvgIpc) is 2.45. The molecule has 2 fully saturated rings. The van der Waals surface area contributed by atoms with Gasteiger partial charge in [-0.1, -0.05) is 34.6 Å². The molecule has 0 radical (unpaired) electrons. The number of hydrogen-bond donors (Lipinski definition) is 1. The normalized spacial score (nSPS) is 60.6. The second-order valence-electron chi connectivity index (χ2n) is 6.50. The van der Waals surface area contributed by atoms with Gasteiger partial charge in [0.2, 0.25) is 0 Å². The zero-order valence-electron chi connectivity index (χ0n) is 10.7. The van der Waals surface area contributed by atoms with E-state index in [1.165, 1.54) is 0 Å². The lowest BCUT2D eigenvalue weighted by Crippen LogP contribution is -2.52. The molecule has 2 rings (SSSR count). The summed E-state index contributed by atoms with van der Waals surface area (Å²) in [6, 6.07) is 1.30. The molecule has 1 N–H and O–H groups in total. The van der Waals surface area contributed by atoms with Gasteiger partial charge in [0.25, 0.3) is 0 Å². The third-order valence-electron chi connectivity index (χ3n) is 6.65. The van der Waals surface area contributed by atoms with Crippen LogP contribution in [0.5, 0.6) is 0 Å². The highest BCUT2D eigenvalue weighted by Gasteiger charge is 2.81. The van der Waals surface area contributed by atoms with Crippen molar-refractivity contribution in [2.45, 2.75) is 60.5 Å². The molecule has 5 unspecified atom stereocenters. The van der Waals surface area contributed by atoms with Crippen molar-refractivity contribution < 1.29 is 0 Å². The third-order valence-corrected chi connectivity index (χ3v) is 6.65. The monoisotopic (exact) mass is 195 g/mol. The average molecular weight is 195 g/mol. The largest absolute Gasteiger partial charge is 0.311 e. The maximum absolute atomic E-state index is 3.74. The van der Waals surface area contributed by atoms with Gasteiger partial charge in [-0.15, -0.1) is 0 Å². The number of piperidine rings is 1. The first-order chi connectivity index (χ1) is 6.21. The van der Waals surface area contributed by atoms with E-state index in [1.54, 1.807) is 0 Å². The van der Waals surface area contributed by atoms with Crippen molar-refractivity contribution in [3.63, 3.8) is 0 Å². The number of hydrogen-bond acceptors (Lipinski definition) is 1. The maximum atomic E-state index is 3.74. The fraction of sp³-hybridized carbons (Fsp3) is 1.00. The highest BCUT2D eigenvalue weighted by atomic mass is 15.1. The molecule has 0 bridgehead atoms. The van der Waals surface area contributed by atoms with Crippen molar-refractivity contribution in [3.8, 4) is 0 Å². The Hall–Kier alpha value is -0.0400. The first kappa shape index (κ1) is 10.5. The summed E-state index contributed by atoms with van der Waals surface area (Å²) < 4.78 is 0. The Balaban J connectivity index is 2.44. The summed E-state index contributed by atoms with van der Waals surface area (Å²) in [5, 5.41) is 3.74. The topological polar surface area (TPSA) is 12.0 Å². The van der Waals surface area contributed by atoms with E-state index in [0.29, 0.717) is 28.3 Å². The SMILES string of the molecule is CC1NC(C)C2(C)C(C)(C)C2(C)C1C. The molecule has 5 atom stereocenters. The van der Waals surface area contributed by atoms with E-state index in [9.17, 15) is 0 Å². The summed E-state index contributed by atoms with van der Waals surface area (Å²) in [5.74, 6) is 0.777. The lowest BCUT2D eigenvalue weighted by Gasteiger charge is -2.41. The van der Waals surface area contributed by atoms with Crippen molar-refractivity contribution in [2.75, 3.05) is 0 Å². The maximum Gasteiger partial charge on any atom is 0.0106 e. The van der Waals surface area contributed by atoms with E-state index in [2.05, 4.69) is 53.8 Å². The quantitative estimate of drug-likeness (QED) is 0.626. The lowest BCUT2D eigenvalue weighted by atomic mass is 9.74. The van der Waals surface area contributed by atoms with Crippen LogP contribution in [-0.2, 0) is 0 Å². The number of fused-ring (bicyclic) bond motifs is 1. The molecule has 1 heterocycles. The van der Waals surface area contributed by atoms with Crippen LogP contribution in [0.4, 0.5) is 0 Å². The van der Waals surface area contributed by atoms with E-state index in [4.69, 9.17) is 0 Å². The minimum atomic E-state index is 0.478. The molecular weight excluding hydrogens is 170 g/mol. The van der Waals surface area contributed by atoms with Gasteiger partial charge in [-0.25, -0.2) is 0 Å². The van der Waals surface area contributed by atoms with Gasteiger partial charge in [-0.05, 0) is 36.0 Å². The molecule has 82 valence electrons. The Bertz CT molecular complexity index is 270. The van der Waals surface area contributed by atoms with Gasteiger partial charge in [0.1, 0.15) is 0 Å². The van der Waals surface area contributed by atoms with Crippen molar-refractivity contribution in [1.82, 2.24) is 5.32 Å². The molecule has 0 amide bonds. The summed E-state index contributed by atoms with van der Waals surface area (Å²) in [5.41, 5.74) is 1.48. The second-order valence-corrected chi connectivity index (χ2v) is 6.50. The molecule has 1 aliphatic heterocycles. The summed E-state index contributed by atoms with van der Waals surface area (Å²) in [4.78, 5) is 0. The molecule has 1 aliphatic carbocycles. The summed E-state index contributed by atoms with van der Waals surface area (Å²) in [6.45, 7) is 16.9. The van der Waals surface area contributed by atoms with Crippen LogP contribution in [0.25, 0.3) is 0 Å². The summed E-state index contributed by atoms with van der Waals surface area (Å²) >= 11 is 0. The fourth-order valence-electron chi connectivity index (χ4n) is 4.66. The van der Waals surface area contributed by atoms with Crippen LogP contribution in [0.3, 0.4) is 0 Å². The van der Waals surface area contributed by atoms with Gasteiger partial charge in [0.15, 0.2) is 0 Å². The molecule has 1 nitrogen and oxygen atoms in total. The Morgan fingerprint density at radius 1 is 0.857 bits per heavy atom. The zero-order chi connectivity index (χ0) is 10.9. The lowest BCUT2D eigenvalue weighted by molar-refractivity contribution is 0.126. The molecule has 1 saturated carbocycles. The predicted molar refractivity (Wildman–Crippen MR) is 61.2 cm³/mol. The molecule has 0 aromatic rings. The smallest absolute Gasteiger partial charge is 0.0106 e. The second kappa shape index (κ2) is 2.37. The Morgan fingerprint density at radius 2 is 1.36 bits per heavy atom. The van der Waals surface area contributed by atoms with E-state index in [0.717, 1.165) is 5.92 Å². The summed E-state index contributed by atoms with van der Waals surface area (Å²) in [7, 11) is 0. The van der Waals surface area contributed by atoms with E-state index in [-0.39, 0.29) is 0 Å². The van der Waals surface area contributed by atoms with Gasteiger partial charge in [0.05, 0.1) is 0 Å². The standard InChI is InChI=1S/C13H25N/c1-8-9(2)14-10(3)13(7)11(4,5)12(8,13)6/h8-10,14H,1-7H3. The Labute approximate surface area is 88.7 Å². The molecule has 1 heteroatoms. The number of nitrogens with one attached hydrogen (secondary N) is 1. The van der Waals surface area contributed by atoms with Gasteiger partial charge in [-0.2, -0.15) is 0 Å². The first-order valence-electron chi connectivity index (χ1n) is 5.97. The third kappa shape index (κ3) is 0.711. The molecule has 0 aromatic carbocycles. The van der Waals surface area contributed by atoms with Crippen molar-refractivity contribution in [2.24, 2.45) is 22.2 Å². The van der Waals surface area contributed by atoms with E-state index >= 15 is 0 Å². The molecule has 0 aromatic heterocycles. The van der Waals surface area contributed by atoms with Crippen molar-refractivity contribution in [1.29, 1.82) is 0 Å². The van der Waals surface area contributed by atoms with E-state index in [1.807, 2.05) is 0 Å². The van der Waals surface area contributed by atoms with Crippen molar-refractivity contribution >= 4 is 0 Å². The highest BCUT2D eigenvalue weighted by Crippen LogP contribution is 2.83. The van der Waals surface area contributed by atoms with Crippen molar-refractivity contribution in [3.05, 3.63) is 0 Å². The van der Waals surface area contributed by atoms with E-state index < -0.39 is 0 Å². The minimum Gasteiger partial charge on any atom is -0.311 e. The van der Waals surface area contributed by atoms with Crippen LogP contribution in [0, 0.1) is 22.2 Å². The van der Waals surface area contributed by atoms with Gasteiger partial charge in [-0.3, -0.25) is 0 Å². The Morgan fingerprint density at radius 3 is 1.86 bits per heavy atom. The molecule has 0 spiro atoms. The predicted octanol–water partition coefficient (Wildman–Crippen LogP) is 3.06. The summed E-state index contributed by atoms with van der Waals surface area (Å²) in [6.07, 6.45) is 0. The molecular formula is C13H25N. The zero-order valence-corrected chi connectivity index (χ0v) is 10.7. The van der Waals surface area contributed by atoms with Crippen LogP contribution in [0.1, 0.15) is 48.5 Å². The molecule has 2 aliphatic rings. The Kier molecular flexibility index (Phi) is 1.77. The molecule has 14 heavy (non-hydrogen) atoms. The van der Waals surface area contributed by atoms with Crippen LogP contribution in [0.15, 0.2) is 0 Å². The highest BCUT2D eigenvalue weighted by molar-refractivity contribution is 5.30. The first-order valence-corrected chi connectivity index (χ1v) is 5.97. The number of rotatable bonds is 0. The fourth-order valence-corrected chi connectivity index (χ4v) is 4.66. The molecule has 1 saturated heterocycles. The van der Waals surface area contributed by atoms with Crippen LogP contribution < -0.4 is 5.32 Å². The minimum absolute atomic E-state index is 0.478. The van der Waals surface area contributed by atoms with Gasteiger partial charge >= 0.3 is 0 Å². The van der Waals surface area contributed by atoms with Crippen LogP contribution in [-0.4, -0.2) is 12.1 Å².